The molecule has 1 heterocycles. The van der Waals surface area contributed by atoms with E-state index in [4.69, 9.17) is 0 Å². The Morgan fingerprint density at radius 3 is 2.73 bits per heavy atom. The van der Waals surface area contributed by atoms with Crippen LogP contribution in [0.3, 0.4) is 0 Å². The molecule has 4 heteroatoms. The lowest BCUT2D eigenvalue weighted by atomic mass is 9.87. The van der Waals surface area contributed by atoms with Crippen LogP contribution >= 0.6 is 12.4 Å². The number of aromatic nitrogens is 2. The van der Waals surface area contributed by atoms with Crippen molar-refractivity contribution in [2.45, 2.75) is 45.1 Å². The summed E-state index contributed by atoms with van der Waals surface area (Å²) in [6.07, 6.45) is 10.3. The van der Waals surface area contributed by atoms with Crippen LogP contribution < -0.4 is 5.32 Å². The number of imidazole rings is 1. The minimum atomic E-state index is 0. The number of benzene rings is 2. The van der Waals surface area contributed by atoms with Crippen molar-refractivity contribution in [1.82, 2.24) is 15.3 Å². The van der Waals surface area contributed by atoms with Gasteiger partial charge in [0, 0.05) is 6.54 Å². The number of halogens is 1. The van der Waals surface area contributed by atoms with Crippen LogP contribution in [0.1, 0.15) is 44.1 Å². The molecule has 0 saturated heterocycles. The molecule has 2 aromatic carbocycles. The number of H-pyrrole nitrogens is 1. The maximum absolute atomic E-state index is 4.36. The van der Waals surface area contributed by atoms with E-state index in [1.165, 1.54) is 55.2 Å². The number of nitrogens with zero attached hydrogens (tertiary/aromatic N) is 1. The lowest BCUT2D eigenvalue weighted by molar-refractivity contribution is 0.334. The van der Waals surface area contributed by atoms with Crippen molar-refractivity contribution < 1.29 is 0 Å². The first-order valence-electron chi connectivity index (χ1n) is 9.62. The Labute approximate surface area is 162 Å². The minimum absolute atomic E-state index is 0. The third kappa shape index (κ3) is 4.66. The minimum Gasteiger partial charge on any atom is -0.345 e. The van der Waals surface area contributed by atoms with E-state index in [0.717, 1.165) is 30.0 Å². The Morgan fingerprint density at radius 1 is 1.00 bits per heavy atom. The van der Waals surface area contributed by atoms with Crippen molar-refractivity contribution in [3.05, 3.63) is 54.4 Å². The van der Waals surface area contributed by atoms with Crippen LogP contribution in [0.4, 0.5) is 0 Å². The molecule has 3 aromatic rings. The van der Waals surface area contributed by atoms with Gasteiger partial charge in [-0.15, -0.1) is 12.4 Å². The molecule has 0 bridgehead atoms. The number of nitrogens with one attached hydrogen (secondary N) is 2. The van der Waals surface area contributed by atoms with Crippen LogP contribution in [0, 0.1) is 5.92 Å². The Balaban J connectivity index is 0.00000196. The summed E-state index contributed by atoms with van der Waals surface area (Å²) < 4.78 is 0. The molecule has 138 valence electrons. The van der Waals surface area contributed by atoms with Crippen molar-refractivity contribution in [3.63, 3.8) is 0 Å². The number of fused-ring (bicyclic) bond motifs is 1. The van der Waals surface area contributed by atoms with Gasteiger partial charge in [0.2, 0.25) is 0 Å². The summed E-state index contributed by atoms with van der Waals surface area (Å²) in [5.41, 5.74) is 5.95. The van der Waals surface area contributed by atoms with E-state index in [-0.39, 0.29) is 12.4 Å². The van der Waals surface area contributed by atoms with Crippen LogP contribution in [0.5, 0.6) is 0 Å². The zero-order chi connectivity index (χ0) is 16.9. The third-order valence-electron chi connectivity index (χ3n) is 5.46. The molecule has 0 atom stereocenters. The summed E-state index contributed by atoms with van der Waals surface area (Å²) in [4.78, 5) is 7.51. The molecule has 0 spiro atoms. The van der Waals surface area contributed by atoms with Gasteiger partial charge in [0.05, 0.1) is 17.4 Å². The largest absolute Gasteiger partial charge is 0.345 e. The lowest BCUT2D eigenvalue weighted by Crippen LogP contribution is -2.19. The van der Waals surface area contributed by atoms with Crippen molar-refractivity contribution in [3.8, 4) is 11.1 Å². The first kappa shape index (κ1) is 18.9. The molecule has 0 unspecified atom stereocenters. The van der Waals surface area contributed by atoms with Gasteiger partial charge in [0.1, 0.15) is 0 Å². The number of hydrogen-bond donors (Lipinski definition) is 2. The summed E-state index contributed by atoms with van der Waals surface area (Å²) in [7, 11) is 0. The highest BCUT2D eigenvalue weighted by atomic mass is 35.5. The van der Waals surface area contributed by atoms with Crippen molar-refractivity contribution in [2.24, 2.45) is 5.92 Å². The molecule has 1 aliphatic rings. The molecule has 1 saturated carbocycles. The standard InChI is InChI=1S/C22H27N3.ClH/c1-2-5-17(6-3-1)11-12-23-15-18-7-4-8-19(13-18)20-9-10-21-22(14-20)25-16-24-21;/h4,7-10,13-14,16-17,23H,1-3,5-6,11-12,15H2,(H,24,25);1H. The molecule has 26 heavy (non-hydrogen) atoms. The molecule has 1 aromatic heterocycles. The molecular formula is C22H28ClN3. The monoisotopic (exact) mass is 369 g/mol. The highest BCUT2D eigenvalue weighted by Crippen LogP contribution is 2.26. The van der Waals surface area contributed by atoms with Crippen LogP contribution in [-0.2, 0) is 6.54 Å². The average molecular weight is 370 g/mol. The Morgan fingerprint density at radius 2 is 1.85 bits per heavy atom. The fraction of sp³-hybridized carbons (Fsp3) is 0.409. The van der Waals surface area contributed by atoms with Crippen LogP contribution in [-0.4, -0.2) is 16.5 Å². The van der Waals surface area contributed by atoms with Gasteiger partial charge in [-0.3, -0.25) is 0 Å². The Kier molecular flexibility index (Phi) is 6.70. The van der Waals surface area contributed by atoms with E-state index in [0.29, 0.717) is 0 Å². The molecule has 0 amide bonds. The highest BCUT2D eigenvalue weighted by Gasteiger charge is 2.12. The first-order chi connectivity index (χ1) is 12.4. The van der Waals surface area contributed by atoms with Crippen LogP contribution in [0.25, 0.3) is 22.2 Å². The summed E-state index contributed by atoms with van der Waals surface area (Å²) in [6, 6.07) is 15.3. The number of aromatic amines is 1. The molecule has 2 N–H and O–H groups in total. The molecule has 0 aliphatic heterocycles. The fourth-order valence-electron chi connectivity index (χ4n) is 3.99. The van der Waals surface area contributed by atoms with Gasteiger partial charge in [-0.25, -0.2) is 4.98 Å². The summed E-state index contributed by atoms with van der Waals surface area (Å²) in [5, 5.41) is 3.64. The van der Waals surface area contributed by atoms with E-state index < -0.39 is 0 Å². The van der Waals surface area contributed by atoms with Gasteiger partial charge in [-0.2, -0.15) is 0 Å². The van der Waals surface area contributed by atoms with Gasteiger partial charge in [0.25, 0.3) is 0 Å². The fourth-order valence-corrected chi connectivity index (χ4v) is 3.99. The second-order valence-electron chi connectivity index (χ2n) is 7.30. The van der Waals surface area contributed by atoms with E-state index in [1.54, 1.807) is 6.33 Å². The topological polar surface area (TPSA) is 40.7 Å². The second kappa shape index (κ2) is 9.20. The Hall–Kier alpha value is -1.84. The first-order valence-corrected chi connectivity index (χ1v) is 9.62. The molecular weight excluding hydrogens is 342 g/mol. The summed E-state index contributed by atoms with van der Waals surface area (Å²) in [6.45, 7) is 2.08. The van der Waals surface area contributed by atoms with Crippen molar-refractivity contribution in [1.29, 1.82) is 0 Å². The molecule has 1 aliphatic carbocycles. The number of rotatable bonds is 6. The van der Waals surface area contributed by atoms with Gasteiger partial charge in [-0.05, 0) is 53.8 Å². The van der Waals surface area contributed by atoms with Gasteiger partial charge >= 0.3 is 0 Å². The normalized spacial score (nSPS) is 15.1. The molecule has 1 fully saturated rings. The molecule has 3 nitrogen and oxygen atoms in total. The zero-order valence-electron chi connectivity index (χ0n) is 15.2. The lowest BCUT2D eigenvalue weighted by Gasteiger charge is -2.21. The predicted molar refractivity (Wildman–Crippen MR) is 112 cm³/mol. The Bertz CT molecular complexity index is 821. The third-order valence-corrected chi connectivity index (χ3v) is 5.46. The van der Waals surface area contributed by atoms with Gasteiger partial charge < -0.3 is 10.3 Å². The SMILES string of the molecule is Cl.c1cc(CNCCC2CCCCC2)cc(-c2ccc3[nH]cnc3c2)c1. The maximum Gasteiger partial charge on any atom is 0.0931 e. The van der Waals surface area contributed by atoms with E-state index in [9.17, 15) is 0 Å². The van der Waals surface area contributed by atoms with Crippen molar-refractivity contribution in [2.75, 3.05) is 6.54 Å². The average Bonchev–Trinajstić information content (AvgIpc) is 3.14. The molecule has 0 radical (unpaired) electrons. The maximum atomic E-state index is 4.36. The van der Waals surface area contributed by atoms with Crippen LogP contribution in [0.15, 0.2) is 48.8 Å². The van der Waals surface area contributed by atoms with Gasteiger partial charge in [-0.1, -0.05) is 56.4 Å². The van der Waals surface area contributed by atoms with Gasteiger partial charge in [0.15, 0.2) is 0 Å². The molecule has 4 rings (SSSR count). The van der Waals surface area contributed by atoms with E-state index in [1.807, 2.05) is 0 Å². The quantitative estimate of drug-likeness (QED) is 0.546. The van der Waals surface area contributed by atoms with Crippen molar-refractivity contribution >= 4 is 23.4 Å². The van der Waals surface area contributed by atoms with E-state index >= 15 is 0 Å². The summed E-state index contributed by atoms with van der Waals surface area (Å²) in [5.74, 6) is 0.952. The predicted octanol–water partition coefficient (Wildman–Crippen LogP) is 5.71. The van der Waals surface area contributed by atoms with Crippen LogP contribution in [0.2, 0.25) is 0 Å². The van der Waals surface area contributed by atoms with E-state index in [2.05, 4.69) is 57.7 Å². The summed E-state index contributed by atoms with van der Waals surface area (Å²) >= 11 is 0. The number of hydrogen-bond acceptors (Lipinski definition) is 2. The smallest absolute Gasteiger partial charge is 0.0931 e. The zero-order valence-corrected chi connectivity index (χ0v) is 16.0. The second-order valence-corrected chi connectivity index (χ2v) is 7.30. The highest BCUT2D eigenvalue weighted by molar-refractivity contribution is 5.85.